The SMILES string of the molecule is Cc1nn(C)c(N(C)C)c1CNCC(O)COc1ccccc1.Cl. The van der Waals surface area contributed by atoms with Gasteiger partial charge in [0.2, 0.25) is 0 Å². The quantitative estimate of drug-likeness (QED) is 0.756. The number of aromatic nitrogens is 2. The molecule has 0 saturated carbocycles. The number of aliphatic hydroxyl groups excluding tert-OH is 1. The lowest BCUT2D eigenvalue weighted by atomic mass is 10.2. The number of nitrogens with one attached hydrogen (secondary N) is 1. The summed E-state index contributed by atoms with van der Waals surface area (Å²) < 4.78 is 7.42. The van der Waals surface area contributed by atoms with Gasteiger partial charge in [-0.2, -0.15) is 5.10 Å². The van der Waals surface area contributed by atoms with E-state index in [0.29, 0.717) is 13.1 Å². The van der Waals surface area contributed by atoms with Gasteiger partial charge >= 0.3 is 0 Å². The van der Waals surface area contributed by atoms with Crippen LogP contribution < -0.4 is 15.0 Å². The summed E-state index contributed by atoms with van der Waals surface area (Å²) in [7, 11) is 5.94. The molecule has 1 atom stereocenters. The van der Waals surface area contributed by atoms with Gasteiger partial charge < -0.3 is 20.1 Å². The van der Waals surface area contributed by atoms with Crippen molar-refractivity contribution in [3.63, 3.8) is 0 Å². The monoisotopic (exact) mass is 354 g/mol. The zero-order valence-electron chi connectivity index (χ0n) is 14.7. The molecule has 0 saturated heterocycles. The summed E-state index contributed by atoms with van der Waals surface area (Å²) in [5.41, 5.74) is 2.15. The van der Waals surface area contributed by atoms with E-state index in [1.54, 1.807) is 0 Å². The van der Waals surface area contributed by atoms with Crippen molar-refractivity contribution in [2.45, 2.75) is 19.6 Å². The average Bonchev–Trinajstić information content (AvgIpc) is 2.80. The van der Waals surface area contributed by atoms with Gasteiger partial charge in [0.1, 0.15) is 24.3 Å². The van der Waals surface area contributed by atoms with Gasteiger partial charge in [-0.1, -0.05) is 18.2 Å². The Kier molecular flexibility index (Phi) is 8.04. The third-order valence-electron chi connectivity index (χ3n) is 3.60. The Balaban J connectivity index is 0.00000288. The van der Waals surface area contributed by atoms with Crippen molar-refractivity contribution in [3.05, 3.63) is 41.6 Å². The summed E-state index contributed by atoms with van der Waals surface area (Å²) in [4.78, 5) is 2.05. The zero-order chi connectivity index (χ0) is 16.8. The number of hydrogen-bond acceptors (Lipinski definition) is 5. The number of rotatable bonds is 8. The minimum absolute atomic E-state index is 0. The first-order valence-corrected chi connectivity index (χ1v) is 7.75. The molecular formula is C17H27ClN4O2. The number of anilines is 1. The fraction of sp³-hybridized carbons (Fsp3) is 0.471. The summed E-state index contributed by atoms with van der Waals surface area (Å²) in [5, 5.41) is 17.8. The van der Waals surface area contributed by atoms with E-state index in [1.807, 2.05) is 68.0 Å². The third kappa shape index (κ3) is 5.40. The van der Waals surface area contributed by atoms with Gasteiger partial charge in [0.25, 0.3) is 0 Å². The van der Waals surface area contributed by atoms with Crippen molar-refractivity contribution in [1.82, 2.24) is 15.1 Å². The molecule has 2 N–H and O–H groups in total. The number of hydrogen-bond donors (Lipinski definition) is 2. The number of ether oxygens (including phenoxy) is 1. The van der Waals surface area contributed by atoms with Crippen LogP contribution in [0.15, 0.2) is 30.3 Å². The smallest absolute Gasteiger partial charge is 0.130 e. The largest absolute Gasteiger partial charge is 0.491 e. The van der Waals surface area contributed by atoms with Crippen molar-refractivity contribution >= 4 is 18.2 Å². The van der Waals surface area contributed by atoms with Gasteiger partial charge in [-0.05, 0) is 19.1 Å². The van der Waals surface area contributed by atoms with Crippen LogP contribution in [0.25, 0.3) is 0 Å². The molecule has 2 aromatic rings. The number of halogens is 1. The Morgan fingerprint density at radius 3 is 2.58 bits per heavy atom. The fourth-order valence-corrected chi connectivity index (χ4v) is 2.59. The number of nitrogens with zero attached hydrogens (tertiary/aromatic N) is 3. The van der Waals surface area contributed by atoms with Gasteiger partial charge in [-0.25, -0.2) is 0 Å². The molecule has 0 aliphatic carbocycles. The molecule has 0 bridgehead atoms. The second-order valence-electron chi connectivity index (χ2n) is 5.81. The Morgan fingerprint density at radius 1 is 1.29 bits per heavy atom. The molecule has 0 spiro atoms. The molecule has 1 aromatic carbocycles. The molecule has 0 fully saturated rings. The van der Waals surface area contributed by atoms with E-state index < -0.39 is 6.10 Å². The Labute approximate surface area is 149 Å². The fourth-order valence-electron chi connectivity index (χ4n) is 2.59. The van der Waals surface area contributed by atoms with E-state index in [0.717, 1.165) is 22.8 Å². The molecular weight excluding hydrogens is 328 g/mol. The number of benzene rings is 1. The highest BCUT2D eigenvalue weighted by atomic mass is 35.5. The van der Waals surface area contributed by atoms with Crippen molar-refractivity contribution in [3.8, 4) is 5.75 Å². The van der Waals surface area contributed by atoms with Crippen LogP contribution in [-0.2, 0) is 13.6 Å². The molecule has 2 rings (SSSR count). The number of para-hydroxylation sites is 1. The van der Waals surface area contributed by atoms with E-state index in [-0.39, 0.29) is 19.0 Å². The van der Waals surface area contributed by atoms with Crippen LogP contribution in [0.1, 0.15) is 11.3 Å². The maximum Gasteiger partial charge on any atom is 0.130 e. The van der Waals surface area contributed by atoms with Crippen LogP contribution in [0.4, 0.5) is 5.82 Å². The molecule has 0 amide bonds. The molecule has 0 aliphatic heterocycles. The Morgan fingerprint density at radius 2 is 1.96 bits per heavy atom. The summed E-state index contributed by atoms with van der Waals surface area (Å²) >= 11 is 0. The van der Waals surface area contributed by atoms with Crippen molar-refractivity contribution in [2.24, 2.45) is 7.05 Å². The lowest BCUT2D eigenvalue weighted by Gasteiger charge is -2.17. The first-order chi connectivity index (χ1) is 11.0. The van der Waals surface area contributed by atoms with Crippen molar-refractivity contribution in [1.29, 1.82) is 0 Å². The van der Waals surface area contributed by atoms with Crippen molar-refractivity contribution in [2.75, 3.05) is 32.1 Å². The highest BCUT2D eigenvalue weighted by Gasteiger charge is 2.15. The molecule has 1 heterocycles. The maximum atomic E-state index is 10.0. The maximum absolute atomic E-state index is 10.0. The van der Waals surface area contributed by atoms with Crippen LogP contribution in [0.5, 0.6) is 5.75 Å². The van der Waals surface area contributed by atoms with Gasteiger partial charge in [0.15, 0.2) is 0 Å². The summed E-state index contributed by atoms with van der Waals surface area (Å²) in [6.45, 7) is 3.39. The Hall–Kier alpha value is -1.76. The minimum atomic E-state index is -0.560. The lowest BCUT2D eigenvalue weighted by molar-refractivity contribution is 0.106. The molecule has 0 radical (unpaired) electrons. The van der Waals surface area contributed by atoms with E-state index >= 15 is 0 Å². The van der Waals surface area contributed by atoms with E-state index in [4.69, 9.17) is 4.74 Å². The molecule has 1 aromatic heterocycles. The van der Waals surface area contributed by atoms with Crippen LogP contribution in [0, 0.1) is 6.92 Å². The lowest BCUT2D eigenvalue weighted by Crippen LogP contribution is -2.31. The first kappa shape index (κ1) is 20.3. The zero-order valence-corrected chi connectivity index (χ0v) is 15.5. The summed E-state index contributed by atoms with van der Waals surface area (Å²) in [6.07, 6.45) is -0.560. The first-order valence-electron chi connectivity index (χ1n) is 7.75. The summed E-state index contributed by atoms with van der Waals surface area (Å²) in [6, 6.07) is 9.51. The van der Waals surface area contributed by atoms with Crippen LogP contribution in [0.2, 0.25) is 0 Å². The molecule has 7 heteroatoms. The predicted molar refractivity (Wildman–Crippen MR) is 99.2 cm³/mol. The van der Waals surface area contributed by atoms with Crippen LogP contribution >= 0.6 is 12.4 Å². The van der Waals surface area contributed by atoms with Gasteiger partial charge in [-0.15, -0.1) is 12.4 Å². The predicted octanol–water partition coefficient (Wildman–Crippen LogP) is 1.75. The Bertz CT molecular complexity index is 617. The second kappa shape index (κ2) is 9.52. The van der Waals surface area contributed by atoms with Crippen molar-refractivity contribution < 1.29 is 9.84 Å². The van der Waals surface area contributed by atoms with E-state index in [1.165, 1.54) is 0 Å². The molecule has 6 nitrogen and oxygen atoms in total. The molecule has 1 unspecified atom stereocenters. The number of aliphatic hydroxyl groups is 1. The molecule has 24 heavy (non-hydrogen) atoms. The minimum Gasteiger partial charge on any atom is -0.491 e. The van der Waals surface area contributed by atoms with Crippen LogP contribution in [-0.4, -0.2) is 48.2 Å². The second-order valence-corrected chi connectivity index (χ2v) is 5.81. The van der Waals surface area contributed by atoms with Gasteiger partial charge in [0.05, 0.1) is 5.69 Å². The van der Waals surface area contributed by atoms with Gasteiger partial charge in [-0.3, -0.25) is 4.68 Å². The number of aryl methyl sites for hydroxylation is 2. The standard InChI is InChI=1S/C17H26N4O2.ClH/c1-13-16(17(20(2)3)21(4)19-13)11-18-10-14(22)12-23-15-8-6-5-7-9-15;/h5-9,14,18,22H,10-12H2,1-4H3;1H. The van der Waals surface area contributed by atoms with Gasteiger partial charge in [0, 0.05) is 39.8 Å². The topological polar surface area (TPSA) is 62.6 Å². The normalized spacial score (nSPS) is 11.7. The molecule has 0 aliphatic rings. The third-order valence-corrected chi connectivity index (χ3v) is 3.60. The van der Waals surface area contributed by atoms with Crippen LogP contribution in [0.3, 0.4) is 0 Å². The molecule has 134 valence electrons. The highest BCUT2D eigenvalue weighted by molar-refractivity contribution is 5.85. The van der Waals surface area contributed by atoms with E-state index in [9.17, 15) is 5.11 Å². The highest BCUT2D eigenvalue weighted by Crippen LogP contribution is 2.20. The average molecular weight is 355 g/mol. The van der Waals surface area contributed by atoms with E-state index in [2.05, 4.69) is 10.4 Å². The summed E-state index contributed by atoms with van der Waals surface area (Å²) in [5.74, 6) is 1.84.